The topological polar surface area (TPSA) is 67.4 Å². The fourth-order valence-electron chi connectivity index (χ4n) is 1.55. The summed E-state index contributed by atoms with van der Waals surface area (Å²) in [4.78, 5) is 4.14. The van der Waals surface area contributed by atoms with Gasteiger partial charge in [-0.15, -0.1) is 24.0 Å². The van der Waals surface area contributed by atoms with Crippen molar-refractivity contribution in [1.29, 1.82) is 0 Å². The molecule has 2 aromatic rings. The van der Waals surface area contributed by atoms with Crippen LogP contribution in [0.2, 0.25) is 0 Å². The highest BCUT2D eigenvalue weighted by Crippen LogP contribution is 2.05. The maximum atomic E-state index is 5.24. The van der Waals surface area contributed by atoms with E-state index in [1.165, 1.54) is 0 Å². The number of halogens is 2. The van der Waals surface area contributed by atoms with Crippen LogP contribution in [0.25, 0.3) is 0 Å². The summed E-state index contributed by atoms with van der Waals surface area (Å²) in [5, 5.41) is 10.6. The Morgan fingerprint density at radius 3 is 2.95 bits per heavy atom. The quantitative estimate of drug-likeness (QED) is 0.414. The minimum absolute atomic E-state index is 0. The molecule has 0 bridgehead atoms. The number of furan rings is 1. The third-order valence-corrected chi connectivity index (χ3v) is 2.88. The number of hydrogen-bond donors (Lipinski definition) is 2. The summed E-state index contributed by atoms with van der Waals surface area (Å²) in [6.45, 7) is 2.12. The van der Waals surface area contributed by atoms with Crippen LogP contribution >= 0.6 is 39.9 Å². The molecule has 0 amide bonds. The van der Waals surface area contributed by atoms with Gasteiger partial charge in [0.05, 0.1) is 30.0 Å². The summed E-state index contributed by atoms with van der Waals surface area (Å²) < 4.78 is 8.08. The van der Waals surface area contributed by atoms with Gasteiger partial charge in [0, 0.05) is 19.8 Å². The molecule has 0 aromatic carbocycles. The second-order valence-electron chi connectivity index (χ2n) is 3.85. The minimum atomic E-state index is 0. The molecule has 0 saturated carbocycles. The third-order valence-electron chi connectivity index (χ3n) is 2.47. The van der Waals surface area contributed by atoms with Crippen molar-refractivity contribution in [2.45, 2.75) is 13.1 Å². The molecule has 20 heavy (non-hydrogen) atoms. The van der Waals surface area contributed by atoms with E-state index in [9.17, 15) is 0 Å². The van der Waals surface area contributed by atoms with Crippen molar-refractivity contribution in [3.8, 4) is 0 Å². The van der Waals surface area contributed by atoms with Gasteiger partial charge in [0.25, 0.3) is 0 Å². The molecule has 0 spiro atoms. The van der Waals surface area contributed by atoms with Crippen LogP contribution in [0, 0.1) is 0 Å². The fourth-order valence-corrected chi connectivity index (χ4v) is 1.88. The van der Waals surface area contributed by atoms with E-state index in [2.05, 4.69) is 36.7 Å². The molecule has 0 aliphatic rings. The Morgan fingerprint density at radius 2 is 2.35 bits per heavy atom. The summed E-state index contributed by atoms with van der Waals surface area (Å²) in [7, 11) is 1.74. The maximum absolute atomic E-state index is 5.24. The van der Waals surface area contributed by atoms with Gasteiger partial charge in [-0.25, -0.2) is 0 Å². The van der Waals surface area contributed by atoms with E-state index in [4.69, 9.17) is 4.42 Å². The molecule has 0 unspecified atom stereocenters. The second-order valence-corrected chi connectivity index (χ2v) is 4.77. The Balaban J connectivity index is 0.00000200. The Hall–Kier alpha value is -1.03. The summed E-state index contributed by atoms with van der Waals surface area (Å²) >= 11 is 3.36. The molecule has 0 saturated heterocycles. The summed E-state index contributed by atoms with van der Waals surface area (Å²) in [6, 6.07) is 3.78. The van der Waals surface area contributed by atoms with Crippen LogP contribution < -0.4 is 10.6 Å². The van der Waals surface area contributed by atoms with Gasteiger partial charge >= 0.3 is 0 Å². The first-order valence-electron chi connectivity index (χ1n) is 5.93. The second kappa shape index (κ2) is 9.01. The van der Waals surface area contributed by atoms with Crippen LogP contribution in [-0.4, -0.2) is 29.3 Å². The molecule has 8 heteroatoms. The molecular formula is C12H17BrIN5O. The minimum Gasteiger partial charge on any atom is -0.467 e. The molecule has 0 aliphatic heterocycles. The van der Waals surface area contributed by atoms with Gasteiger partial charge in [-0.2, -0.15) is 5.10 Å². The van der Waals surface area contributed by atoms with Crippen LogP contribution in [0.4, 0.5) is 0 Å². The van der Waals surface area contributed by atoms with E-state index in [-0.39, 0.29) is 24.0 Å². The average Bonchev–Trinajstić information content (AvgIpc) is 3.05. The summed E-state index contributed by atoms with van der Waals surface area (Å²) in [5.41, 5.74) is 0. The van der Waals surface area contributed by atoms with Crippen LogP contribution in [0.15, 0.2) is 44.7 Å². The number of nitrogens with one attached hydrogen (secondary N) is 2. The zero-order valence-corrected chi connectivity index (χ0v) is 15.0. The average molecular weight is 454 g/mol. The van der Waals surface area contributed by atoms with Crippen LogP contribution in [0.1, 0.15) is 5.76 Å². The number of aromatic nitrogens is 2. The van der Waals surface area contributed by atoms with E-state index in [0.717, 1.165) is 29.3 Å². The normalized spacial score (nSPS) is 11.0. The lowest BCUT2D eigenvalue weighted by atomic mass is 10.4. The first kappa shape index (κ1) is 17.0. The summed E-state index contributed by atoms with van der Waals surface area (Å²) in [6.07, 6.45) is 5.35. The van der Waals surface area contributed by atoms with Crippen molar-refractivity contribution in [2.75, 3.05) is 13.6 Å². The number of hydrogen-bond acceptors (Lipinski definition) is 3. The van der Waals surface area contributed by atoms with Crippen molar-refractivity contribution >= 4 is 45.9 Å². The van der Waals surface area contributed by atoms with Crippen LogP contribution in [0.3, 0.4) is 0 Å². The molecule has 0 radical (unpaired) electrons. The number of aliphatic imine (C=N–C) groups is 1. The van der Waals surface area contributed by atoms with E-state index in [1.807, 2.05) is 23.0 Å². The van der Waals surface area contributed by atoms with Crippen LogP contribution in [0.5, 0.6) is 0 Å². The lowest BCUT2D eigenvalue weighted by Crippen LogP contribution is -2.38. The van der Waals surface area contributed by atoms with Gasteiger partial charge in [0.1, 0.15) is 5.76 Å². The molecule has 2 aromatic heterocycles. The molecule has 2 heterocycles. The fraction of sp³-hybridized carbons (Fsp3) is 0.333. The number of rotatable bonds is 5. The zero-order chi connectivity index (χ0) is 13.5. The largest absolute Gasteiger partial charge is 0.467 e. The van der Waals surface area contributed by atoms with E-state index < -0.39 is 0 Å². The lowest BCUT2D eigenvalue weighted by molar-refractivity contribution is 0.500. The Labute approximate surface area is 143 Å². The molecular weight excluding hydrogens is 437 g/mol. The van der Waals surface area contributed by atoms with Gasteiger partial charge in [-0.1, -0.05) is 0 Å². The van der Waals surface area contributed by atoms with Crippen molar-refractivity contribution in [3.05, 3.63) is 41.0 Å². The monoisotopic (exact) mass is 453 g/mol. The van der Waals surface area contributed by atoms with Crippen molar-refractivity contribution in [2.24, 2.45) is 4.99 Å². The van der Waals surface area contributed by atoms with Gasteiger partial charge in [-0.3, -0.25) is 9.67 Å². The predicted molar refractivity (Wildman–Crippen MR) is 92.3 cm³/mol. The molecule has 2 N–H and O–H groups in total. The molecule has 0 fully saturated rings. The number of nitrogens with zero attached hydrogens (tertiary/aromatic N) is 3. The smallest absolute Gasteiger partial charge is 0.191 e. The lowest BCUT2D eigenvalue weighted by Gasteiger charge is -2.10. The third kappa shape index (κ3) is 5.53. The maximum Gasteiger partial charge on any atom is 0.191 e. The predicted octanol–water partition coefficient (Wildman–Crippen LogP) is 2.22. The first-order chi connectivity index (χ1) is 9.28. The highest BCUT2D eigenvalue weighted by Gasteiger charge is 2.00. The zero-order valence-electron chi connectivity index (χ0n) is 11.0. The van der Waals surface area contributed by atoms with E-state index in [0.29, 0.717) is 6.54 Å². The van der Waals surface area contributed by atoms with Crippen molar-refractivity contribution < 1.29 is 4.42 Å². The Bertz CT molecular complexity index is 526. The Morgan fingerprint density at radius 1 is 1.50 bits per heavy atom. The summed E-state index contributed by atoms with van der Waals surface area (Å²) in [5.74, 6) is 1.61. The highest BCUT2D eigenvalue weighted by molar-refractivity contribution is 14.0. The standard InChI is InChI=1S/C12H16BrN5O.HI/c1-14-12(16-8-11-3-2-6-19-11)15-4-5-18-9-10(13)7-17-18;/h2-3,6-7,9H,4-5,8H2,1H3,(H2,14,15,16);1H. The molecule has 6 nitrogen and oxygen atoms in total. The Kier molecular flexibility index (Phi) is 7.67. The van der Waals surface area contributed by atoms with E-state index in [1.54, 1.807) is 19.5 Å². The van der Waals surface area contributed by atoms with Gasteiger partial charge in [0.15, 0.2) is 5.96 Å². The first-order valence-corrected chi connectivity index (χ1v) is 6.72. The van der Waals surface area contributed by atoms with Gasteiger partial charge in [0.2, 0.25) is 0 Å². The SMILES string of the molecule is CN=C(NCCn1cc(Br)cn1)NCc1ccco1.I. The molecule has 0 aliphatic carbocycles. The van der Waals surface area contributed by atoms with Crippen molar-refractivity contribution in [3.63, 3.8) is 0 Å². The highest BCUT2D eigenvalue weighted by atomic mass is 127. The van der Waals surface area contributed by atoms with Gasteiger partial charge < -0.3 is 15.1 Å². The van der Waals surface area contributed by atoms with Crippen LogP contribution in [-0.2, 0) is 13.1 Å². The number of guanidine groups is 1. The van der Waals surface area contributed by atoms with Crippen molar-refractivity contribution in [1.82, 2.24) is 20.4 Å². The molecule has 110 valence electrons. The van der Waals surface area contributed by atoms with Gasteiger partial charge in [-0.05, 0) is 28.1 Å². The molecule has 2 rings (SSSR count). The van der Waals surface area contributed by atoms with E-state index >= 15 is 0 Å². The molecule has 0 atom stereocenters.